The fourth-order valence-electron chi connectivity index (χ4n) is 8.36. The van der Waals surface area contributed by atoms with Gasteiger partial charge in [0.25, 0.3) is 0 Å². The fourth-order valence-corrected chi connectivity index (χ4v) is 8.36. The first-order chi connectivity index (χ1) is 24.3. The van der Waals surface area contributed by atoms with Crippen molar-refractivity contribution in [3.8, 4) is 44.7 Å². The van der Waals surface area contributed by atoms with E-state index >= 15 is 0 Å². The lowest BCUT2D eigenvalue weighted by Gasteiger charge is -2.18. The van der Waals surface area contributed by atoms with E-state index < -0.39 is 0 Å². The molecule has 2 heteroatoms. The van der Waals surface area contributed by atoms with Crippen LogP contribution >= 0.6 is 0 Å². The molecule has 0 radical (unpaired) electrons. The van der Waals surface area contributed by atoms with Crippen molar-refractivity contribution >= 4 is 54.5 Å². The molecule has 2 nitrogen and oxygen atoms in total. The van der Waals surface area contributed by atoms with Crippen LogP contribution in [0.2, 0.25) is 0 Å². The SMILES string of the molecule is c1ccc(-c2cc3ccc4c(oc5cccc(-c6c7ccccc7c(-c7ccc8c(c7)Cc7ccccc7-8)c7ccccc67)c54)c3o2)cc1. The summed E-state index contributed by atoms with van der Waals surface area (Å²) < 4.78 is 13.2. The smallest absolute Gasteiger partial charge is 0.178 e. The predicted molar refractivity (Wildman–Crippen MR) is 203 cm³/mol. The van der Waals surface area contributed by atoms with E-state index in [0.29, 0.717) is 0 Å². The summed E-state index contributed by atoms with van der Waals surface area (Å²) in [6.07, 6.45) is 0.971. The molecular formula is C47H28O2. The average molecular weight is 625 g/mol. The van der Waals surface area contributed by atoms with E-state index in [0.717, 1.165) is 56.2 Å². The van der Waals surface area contributed by atoms with Crippen molar-refractivity contribution in [1.29, 1.82) is 0 Å². The quantitative estimate of drug-likeness (QED) is 0.183. The second-order valence-electron chi connectivity index (χ2n) is 13.2. The molecule has 1 aliphatic rings. The van der Waals surface area contributed by atoms with Gasteiger partial charge in [-0.15, -0.1) is 0 Å². The van der Waals surface area contributed by atoms with Crippen LogP contribution in [0.1, 0.15) is 11.1 Å². The third-order valence-corrected chi connectivity index (χ3v) is 10.5. The molecule has 11 rings (SSSR count). The van der Waals surface area contributed by atoms with Gasteiger partial charge in [-0.1, -0.05) is 140 Å². The molecule has 2 aromatic heterocycles. The lowest BCUT2D eigenvalue weighted by molar-refractivity contribution is 0.611. The summed E-state index contributed by atoms with van der Waals surface area (Å²) in [6.45, 7) is 0. The zero-order chi connectivity index (χ0) is 32.1. The van der Waals surface area contributed by atoms with Crippen LogP contribution in [-0.4, -0.2) is 0 Å². The Morgan fingerprint density at radius 2 is 1.06 bits per heavy atom. The number of furan rings is 2. The van der Waals surface area contributed by atoms with Gasteiger partial charge >= 0.3 is 0 Å². The Bertz CT molecular complexity index is 2900. The second kappa shape index (κ2) is 10.1. The largest absolute Gasteiger partial charge is 0.452 e. The van der Waals surface area contributed by atoms with E-state index in [1.54, 1.807) is 0 Å². The number of benzene rings is 8. The van der Waals surface area contributed by atoms with Gasteiger partial charge in [0, 0.05) is 21.7 Å². The third-order valence-electron chi connectivity index (χ3n) is 10.5. The number of rotatable bonds is 3. The van der Waals surface area contributed by atoms with Crippen molar-refractivity contribution in [2.75, 3.05) is 0 Å². The van der Waals surface area contributed by atoms with E-state index in [1.165, 1.54) is 60.5 Å². The summed E-state index contributed by atoms with van der Waals surface area (Å²) in [5.74, 6) is 0.840. The molecule has 0 saturated heterocycles. The fraction of sp³-hybridized carbons (Fsp3) is 0.0213. The van der Waals surface area contributed by atoms with E-state index in [1.807, 2.05) is 18.2 Å². The number of hydrogen-bond acceptors (Lipinski definition) is 2. The Morgan fingerprint density at radius 1 is 0.388 bits per heavy atom. The van der Waals surface area contributed by atoms with Gasteiger partial charge in [0.2, 0.25) is 0 Å². The lowest BCUT2D eigenvalue weighted by Crippen LogP contribution is -1.92. The maximum atomic E-state index is 6.67. The first-order valence-electron chi connectivity index (χ1n) is 16.9. The van der Waals surface area contributed by atoms with Crippen LogP contribution < -0.4 is 0 Å². The van der Waals surface area contributed by atoms with Crippen molar-refractivity contribution in [2.24, 2.45) is 0 Å². The highest BCUT2D eigenvalue weighted by atomic mass is 16.4. The summed E-state index contributed by atoms with van der Waals surface area (Å²) in [6, 6.07) is 56.8. The molecule has 0 N–H and O–H groups in total. The molecular weight excluding hydrogens is 597 g/mol. The van der Waals surface area contributed by atoms with Crippen molar-refractivity contribution in [2.45, 2.75) is 6.42 Å². The zero-order valence-electron chi connectivity index (χ0n) is 26.5. The molecule has 10 aromatic rings. The summed E-state index contributed by atoms with van der Waals surface area (Å²) in [5.41, 5.74) is 13.9. The van der Waals surface area contributed by atoms with Crippen LogP contribution in [0.3, 0.4) is 0 Å². The molecule has 0 saturated carbocycles. The Morgan fingerprint density at radius 3 is 1.86 bits per heavy atom. The molecule has 2 heterocycles. The Labute approximate surface area is 282 Å². The molecule has 49 heavy (non-hydrogen) atoms. The van der Waals surface area contributed by atoms with Crippen LogP contribution in [0, 0.1) is 0 Å². The van der Waals surface area contributed by atoms with Crippen molar-refractivity contribution in [1.82, 2.24) is 0 Å². The number of hydrogen-bond donors (Lipinski definition) is 0. The molecule has 0 amide bonds. The Kier molecular flexibility index (Phi) is 5.47. The molecule has 0 spiro atoms. The predicted octanol–water partition coefficient (Wildman–Crippen LogP) is 13.2. The molecule has 0 bridgehead atoms. The topological polar surface area (TPSA) is 26.3 Å². The van der Waals surface area contributed by atoms with Gasteiger partial charge in [-0.25, -0.2) is 0 Å². The monoisotopic (exact) mass is 624 g/mol. The normalized spacial score (nSPS) is 12.4. The Balaban J connectivity index is 1.17. The molecule has 0 aliphatic heterocycles. The summed E-state index contributed by atoms with van der Waals surface area (Å²) >= 11 is 0. The Hall–Kier alpha value is -6.38. The van der Waals surface area contributed by atoms with Gasteiger partial charge in [0.05, 0.1) is 0 Å². The van der Waals surface area contributed by atoms with Crippen LogP contribution in [0.5, 0.6) is 0 Å². The second-order valence-corrected chi connectivity index (χ2v) is 13.2. The zero-order valence-corrected chi connectivity index (χ0v) is 26.5. The minimum atomic E-state index is 0.780. The standard InChI is InChI=1S/C47H28O2/c1-2-11-28(12-3-1)42-27-31-22-24-40-45-39(19-10-20-41(45)48-47(40)46(31)49-42)44-37-17-8-6-15-35(37)43(36-16-7-9-18-38(36)44)30-21-23-34-32(26-30)25-29-13-4-5-14-33(29)34/h1-24,26-27H,25H2. The average Bonchev–Trinajstić information content (AvgIpc) is 3.87. The molecule has 0 unspecified atom stereocenters. The molecule has 0 fully saturated rings. The van der Waals surface area contributed by atoms with E-state index in [-0.39, 0.29) is 0 Å². The van der Waals surface area contributed by atoms with Crippen molar-refractivity contribution in [3.63, 3.8) is 0 Å². The van der Waals surface area contributed by atoms with Gasteiger partial charge in [-0.05, 0) is 90.7 Å². The maximum Gasteiger partial charge on any atom is 0.178 e. The van der Waals surface area contributed by atoms with Gasteiger partial charge in [0.1, 0.15) is 11.3 Å². The van der Waals surface area contributed by atoms with E-state index in [9.17, 15) is 0 Å². The van der Waals surface area contributed by atoms with Crippen LogP contribution in [0.25, 0.3) is 99.2 Å². The number of fused-ring (bicyclic) bond motifs is 10. The molecule has 228 valence electrons. The van der Waals surface area contributed by atoms with E-state index in [2.05, 4.69) is 140 Å². The minimum Gasteiger partial charge on any atom is -0.452 e. The highest BCUT2D eigenvalue weighted by Crippen LogP contribution is 2.49. The third kappa shape index (κ3) is 3.83. The molecule has 1 aliphatic carbocycles. The van der Waals surface area contributed by atoms with Crippen LogP contribution in [0.4, 0.5) is 0 Å². The van der Waals surface area contributed by atoms with E-state index in [4.69, 9.17) is 8.83 Å². The lowest BCUT2D eigenvalue weighted by atomic mass is 9.84. The highest BCUT2D eigenvalue weighted by molar-refractivity contribution is 6.26. The van der Waals surface area contributed by atoms with Gasteiger partial charge < -0.3 is 8.83 Å². The maximum absolute atomic E-state index is 6.67. The molecule has 0 atom stereocenters. The minimum absolute atomic E-state index is 0.780. The van der Waals surface area contributed by atoms with Crippen LogP contribution in [0.15, 0.2) is 167 Å². The first kappa shape index (κ1) is 26.7. The van der Waals surface area contributed by atoms with Crippen LogP contribution in [-0.2, 0) is 6.42 Å². The first-order valence-corrected chi connectivity index (χ1v) is 16.9. The van der Waals surface area contributed by atoms with Crippen molar-refractivity contribution < 1.29 is 8.83 Å². The van der Waals surface area contributed by atoms with Gasteiger partial charge in [0.15, 0.2) is 11.2 Å². The van der Waals surface area contributed by atoms with Gasteiger partial charge in [-0.3, -0.25) is 0 Å². The van der Waals surface area contributed by atoms with Gasteiger partial charge in [-0.2, -0.15) is 0 Å². The molecule has 8 aromatic carbocycles. The summed E-state index contributed by atoms with van der Waals surface area (Å²) in [7, 11) is 0. The summed E-state index contributed by atoms with van der Waals surface area (Å²) in [5, 5.41) is 8.15. The highest BCUT2D eigenvalue weighted by Gasteiger charge is 2.23. The van der Waals surface area contributed by atoms with Crippen molar-refractivity contribution in [3.05, 3.63) is 169 Å². The summed E-state index contributed by atoms with van der Waals surface area (Å²) in [4.78, 5) is 0.